The standard InChI is InChI=1S/C16H20N4O3S/c1-9(21)8-24-14-11-13(19(2)16(23)20(3)15(11)22)17-12(18-14)10-6-4-5-7-10/h10H,4-8H2,1-3H3. The van der Waals surface area contributed by atoms with Crippen molar-refractivity contribution in [2.75, 3.05) is 5.75 Å². The summed E-state index contributed by atoms with van der Waals surface area (Å²) >= 11 is 1.24. The van der Waals surface area contributed by atoms with Gasteiger partial charge in [0.15, 0.2) is 5.65 Å². The number of hydrogen-bond acceptors (Lipinski definition) is 6. The predicted octanol–water partition coefficient (Wildman–Crippen LogP) is 1.37. The Morgan fingerprint density at radius 1 is 1.17 bits per heavy atom. The Kier molecular flexibility index (Phi) is 4.58. The minimum Gasteiger partial charge on any atom is -0.299 e. The van der Waals surface area contributed by atoms with Crippen LogP contribution in [0, 0.1) is 0 Å². The molecule has 7 nitrogen and oxygen atoms in total. The van der Waals surface area contributed by atoms with E-state index in [4.69, 9.17) is 0 Å². The Labute approximate surface area is 143 Å². The van der Waals surface area contributed by atoms with Gasteiger partial charge in [-0.25, -0.2) is 14.8 Å². The summed E-state index contributed by atoms with van der Waals surface area (Å²) in [7, 11) is 3.05. The average molecular weight is 348 g/mol. The predicted molar refractivity (Wildman–Crippen MR) is 92.6 cm³/mol. The van der Waals surface area contributed by atoms with Crippen molar-refractivity contribution in [1.29, 1.82) is 0 Å². The van der Waals surface area contributed by atoms with Gasteiger partial charge in [-0.1, -0.05) is 24.6 Å². The van der Waals surface area contributed by atoms with E-state index in [0.29, 0.717) is 21.9 Å². The maximum Gasteiger partial charge on any atom is 0.332 e. The zero-order valence-electron chi connectivity index (χ0n) is 14.0. The van der Waals surface area contributed by atoms with Gasteiger partial charge in [-0.05, 0) is 19.8 Å². The number of aryl methyl sites for hydroxylation is 1. The van der Waals surface area contributed by atoms with Gasteiger partial charge >= 0.3 is 5.69 Å². The fourth-order valence-corrected chi connectivity index (χ4v) is 3.91. The number of rotatable bonds is 4. The molecular weight excluding hydrogens is 328 g/mol. The van der Waals surface area contributed by atoms with Gasteiger partial charge in [-0.3, -0.25) is 18.7 Å². The Balaban J connectivity index is 2.29. The van der Waals surface area contributed by atoms with Gasteiger partial charge < -0.3 is 0 Å². The molecule has 0 radical (unpaired) electrons. The lowest BCUT2D eigenvalue weighted by atomic mass is 10.1. The Morgan fingerprint density at radius 3 is 2.46 bits per heavy atom. The second kappa shape index (κ2) is 6.51. The molecule has 0 aliphatic heterocycles. The largest absolute Gasteiger partial charge is 0.332 e. The SMILES string of the molecule is CC(=O)CSc1nc(C2CCCC2)nc2c1c(=O)n(C)c(=O)n2C. The molecule has 0 amide bonds. The highest BCUT2D eigenvalue weighted by atomic mass is 32.2. The summed E-state index contributed by atoms with van der Waals surface area (Å²) in [5.41, 5.74) is -0.478. The van der Waals surface area contributed by atoms with Crippen LogP contribution in [-0.4, -0.2) is 30.6 Å². The van der Waals surface area contributed by atoms with E-state index >= 15 is 0 Å². The lowest BCUT2D eigenvalue weighted by molar-refractivity contribution is -0.114. The summed E-state index contributed by atoms with van der Waals surface area (Å²) in [5, 5.41) is 0.806. The van der Waals surface area contributed by atoms with E-state index < -0.39 is 11.2 Å². The van der Waals surface area contributed by atoms with Crippen LogP contribution in [0.2, 0.25) is 0 Å². The fraction of sp³-hybridized carbons (Fsp3) is 0.562. The number of thioether (sulfide) groups is 1. The molecule has 0 atom stereocenters. The first-order valence-corrected chi connectivity index (χ1v) is 8.98. The molecule has 2 heterocycles. The first-order valence-electron chi connectivity index (χ1n) is 8.00. The first-order chi connectivity index (χ1) is 11.4. The zero-order valence-corrected chi connectivity index (χ0v) is 14.9. The zero-order chi connectivity index (χ0) is 17.4. The van der Waals surface area contributed by atoms with Crippen molar-refractivity contribution in [1.82, 2.24) is 19.1 Å². The van der Waals surface area contributed by atoms with Crippen LogP contribution in [0.25, 0.3) is 11.0 Å². The summed E-state index contributed by atoms with van der Waals surface area (Å²) in [6, 6.07) is 0. The topological polar surface area (TPSA) is 86.8 Å². The van der Waals surface area contributed by atoms with Gasteiger partial charge in [0.05, 0.1) is 5.75 Å². The summed E-state index contributed by atoms with van der Waals surface area (Å²) < 4.78 is 2.44. The number of nitrogens with zero attached hydrogens (tertiary/aromatic N) is 4. The Morgan fingerprint density at radius 2 is 1.83 bits per heavy atom. The van der Waals surface area contributed by atoms with Crippen LogP contribution < -0.4 is 11.2 Å². The molecular formula is C16H20N4O3S. The highest BCUT2D eigenvalue weighted by molar-refractivity contribution is 8.00. The van der Waals surface area contributed by atoms with E-state index in [1.54, 1.807) is 7.05 Å². The lowest BCUT2D eigenvalue weighted by Gasteiger charge is -2.14. The molecule has 0 spiro atoms. The van der Waals surface area contributed by atoms with Crippen molar-refractivity contribution < 1.29 is 4.79 Å². The van der Waals surface area contributed by atoms with Crippen molar-refractivity contribution in [3.63, 3.8) is 0 Å². The van der Waals surface area contributed by atoms with Crippen molar-refractivity contribution >= 4 is 28.6 Å². The summed E-state index contributed by atoms with van der Waals surface area (Å²) in [6.07, 6.45) is 4.30. The van der Waals surface area contributed by atoms with Gasteiger partial charge in [0.25, 0.3) is 5.56 Å². The molecule has 1 fully saturated rings. The van der Waals surface area contributed by atoms with Gasteiger partial charge in [-0.2, -0.15) is 0 Å². The highest BCUT2D eigenvalue weighted by Gasteiger charge is 2.24. The molecule has 3 rings (SSSR count). The molecule has 0 saturated heterocycles. The molecule has 1 aliphatic rings. The van der Waals surface area contributed by atoms with Gasteiger partial charge in [-0.15, -0.1) is 0 Å². The fourth-order valence-electron chi connectivity index (χ4n) is 3.09. The number of aromatic nitrogens is 4. The van der Waals surface area contributed by atoms with Gasteiger partial charge in [0.2, 0.25) is 0 Å². The smallest absolute Gasteiger partial charge is 0.299 e. The Bertz CT molecular complexity index is 926. The summed E-state index contributed by atoms with van der Waals surface area (Å²) in [6.45, 7) is 1.50. The normalized spacial score (nSPS) is 15.3. The summed E-state index contributed by atoms with van der Waals surface area (Å²) in [4.78, 5) is 45.3. The quantitative estimate of drug-likeness (QED) is 0.612. The van der Waals surface area contributed by atoms with Crippen molar-refractivity contribution in [2.24, 2.45) is 14.1 Å². The molecule has 0 unspecified atom stereocenters. The van der Waals surface area contributed by atoms with Crippen LogP contribution in [0.5, 0.6) is 0 Å². The molecule has 1 saturated carbocycles. The third-order valence-electron chi connectivity index (χ3n) is 4.42. The van der Waals surface area contributed by atoms with E-state index in [1.807, 2.05) is 0 Å². The van der Waals surface area contributed by atoms with E-state index in [9.17, 15) is 14.4 Å². The molecule has 1 aliphatic carbocycles. The highest BCUT2D eigenvalue weighted by Crippen LogP contribution is 2.34. The van der Waals surface area contributed by atoms with Crippen LogP contribution in [-0.2, 0) is 18.9 Å². The molecule has 128 valence electrons. The number of Topliss-reactive ketones (excluding diaryl/α,β-unsaturated/α-hetero) is 1. The molecule has 0 aromatic carbocycles. The molecule has 0 N–H and O–H groups in total. The number of hydrogen-bond donors (Lipinski definition) is 0. The van der Waals surface area contributed by atoms with Crippen molar-refractivity contribution in [3.05, 3.63) is 26.7 Å². The van der Waals surface area contributed by atoms with E-state index in [0.717, 1.165) is 30.3 Å². The van der Waals surface area contributed by atoms with Gasteiger partial charge in [0.1, 0.15) is 22.0 Å². The summed E-state index contributed by atoms with van der Waals surface area (Å²) in [5.74, 6) is 1.18. The number of carbonyl (C=O) groups excluding carboxylic acids is 1. The monoisotopic (exact) mass is 348 g/mol. The average Bonchev–Trinajstić information content (AvgIpc) is 3.09. The molecule has 8 heteroatoms. The van der Waals surface area contributed by atoms with E-state index in [-0.39, 0.29) is 17.5 Å². The third kappa shape index (κ3) is 2.90. The maximum absolute atomic E-state index is 12.6. The molecule has 0 bridgehead atoms. The van der Waals surface area contributed by atoms with E-state index in [2.05, 4.69) is 9.97 Å². The number of fused-ring (bicyclic) bond motifs is 1. The number of carbonyl (C=O) groups is 1. The Hall–Kier alpha value is -1.96. The molecule has 2 aromatic rings. The molecule has 2 aromatic heterocycles. The minimum absolute atomic E-state index is 0.0100. The van der Waals surface area contributed by atoms with Crippen molar-refractivity contribution in [2.45, 2.75) is 43.6 Å². The van der Waals surface area contributed by atoms with Crippen LogP contribution >= 0.6 is 11.8 Å². The van der Waals surface area contributed by atoms with Crippen molar-refractivity contribution in [3.8, 4) is 0 Å². The molecule has 24 heavy (non-hydrogen) atoms. The van der Waals surface area contributed by atoms with Crippen LogP contribution in [0.3, 0.4) is 0 Å². The minimum atomic E-state index is -0.419. The second-order valence-corrected chi connectivity index (χ2v) is 7.23. The number of ketones is 1. The van der Waals surface area contributed by atoms with Crippen LogP contribution in [0.4, 0.5) is 0 Å². The third-order valence-corrected chi connectivity index (χ3v) is 5.54. The van der Waals surface area contributed by atoms with Gasteiger partial charge in [0, 0.05) is 20.0 Å². The second-order valence-electron chi connectivity index (χ2n) is 6.26. The lowest BCUT2D eigenvalue weighted by Crippen LogP contribution is -2.38. The first kappa shape index (κ1) is 16.9. The van der Waals surface area contributed by atoms with Crippen LogP contribution in [0.15, 0.2) is 14.6 Å². The van der Waals surface area contributed by atoms with E-state index in [1.165, 1.54) is 30.3 Å². The maximum atomic E-state index is 12.6. The van der Waals surface area contributed by atoms with Crippen LogP contribution in [0.1, 0.15) is 44.3 Å².